The quantitative estimate of drug-likeness (QED) is 0.330. The highest BCUT2D eigenvalue weighted by Gasteiger charge is 2.27. The zero-order valence-electron chi connectivity index (χ0n) is 17.8. The van der Waals surface area contributed by atoms with E-state index in [1.165, 1.54) is 18.0 Å². The van der Waals surface area contributed by atoms with Crippen molar-refractivity contribution in [2.75, 3.05) is 4.72 Å². The van der Waals surface area contributed by atoms with Crippen molar-refractivity contribution in [3.63, 3.8) is 0 Å². The van der Waals surface area contributed by atoms with Crippen LogP contribution in [-0.4, -0.2) is 25.8 Å². The van der Waals surface area contributed by atoms with Gasteiger partial charge < -0.3 is 9.83 Å². The maximum Gasteiger partial charge on any atom is 0.335 e. The molecule has 0 bridgehead atoms. The zero-order valence-corrected chi connectivity index (χ0v) is 18.6. The Kier molecular flexibility index (Phi) is 5.60. The molecule has 0 amide bonds. The molecule has 166 valence electrons. The number of carboxylic acids is 1. The third-order valence-corrected chi connectivity index (χ3v) is 6.59. The van der Waals surface area contributed by atoms with Crippen LogP contribution in [0, 0.1) is 5.82 Å². The molecule has 0 atom stereocenters. The number of nitrogens with zero attached hydrogens (tertiary/aromatic N) is 3. The third kappa shape index (κ3) is 4.34. The molecule has 6 nitrogen and oxygen atoms in total. The highest BCUT2D eigenvalue weighted by atomic mass is 32.2. The van der Waals surface area contributed by atoms with Crippen LogP contribution < -0.4 is 4.72 Å². The molecule has 0 aliphatic heterocycles. The number of hydrogen-bond donors (Lipinski definition) is 2. The first kappa shape index (κ1) is 21.2. The van der Waals surface area contributed by atoms with Crippen molar-refractivity contribution in [3.05, 3.63) is 83.9 Å². The van der Waals surface area contributed by atoms with Crippen molar-refractivity contribution >= 4 is 23.6 Å². The van der Waals surface area contributed by atoms with Gasteiger partial charge in [-0.2, -0.15) is 5.10 Å². The first-order chi connectivity index (χ1) is 16.0. The van der Waals surface area contributed by atoms with Gasteiger partial charge in [-0.05, 0) is 78.7 Å². The van der Waals surface area contributed by atoms with Crippen molar-refractivity contribution in [2.45, 2.75) is 23.7 Å². The molecular formula is C25H21FN4O2S. The SMILES string of the molecule is Cn1nccc1-c1cc(NSc2cc(C(=O)O)ccc2C2CC2)c(-c2ccccn2)cc1F. The smallest absolute Gasteiger partial charge is 0.335 e. The lowest BCUT2D eigenvalue weighted by molar-refractivity contribution is 0.0696. The lowest BCUT2D eigenvalue weighted by Crippen LogP contribution is -2.01. The van der Waals surface area contributed by atoms with Crippen LogP contribution in [-0.2, 0) is 7.05 Å². The van der Waals surface area contributed by atoms with Gasteiger partial charge in [0.1, 0.15) is 5.82 Å². The minimum Gasteiger partial charge on any atom is -0.478 e. The normalized spacial score (nSPS) is 13.2. The molecule has 1 saturated carbocycles. The molecule has 0 unspecified atom stereocenters. The summed E-state index contributed by atoms with van der Waals surface area (Å²) in [5, 5.41) is 13.6. The summed E-state index contributed by atoms with van der Waals surface area (Å²) in [4.78, 5) is 16.8. The number of pyridine rings is 1. The molecule has 1 aliphatic rings. The number of carboxylic acid groups (broad SMARTS) is 1. The lowest BCUT2D eigenvalue weighted by atomic mass is 10.0. The molecule has 2 heterocycles. The van der Waals surface area contributed by atoms with Crippen LogP contribution in [0.25, 0.3) is 22.5 Å². The summed E-state index contributed by atoms with van der Waals surface area (Å²) >= 11 is 1.34. The van der Waals surface area contributed by atoms with Gasteiger partial charge in [0, 0.05) is 35.5 Å². The standard InChI is InChI=1S/C25H21FN4O2S/c1-30-23(9-11-28-30)18-14-22(19(13-20(18)26)21-4-2-3-10-27-21)29-33-24-12-16(25(31)32)7-8-17(24)15-5-6-15/h2-4,7-15,29H,5-6H2,1H3,(H,31,32). The number of hydrogen-bond acceptors (Lipinski definition) is 5. The molecule has 8 heteroatoms. The summed E-state index contributed by atoms with van der Waals surface area (Å²) in [6.07, 6.45) is 5.49. The number of carbonyl (C=O) groups is 1. The number of aryl methyl sites for hydroxylation is 1. The van der Waals surface area contributed by atoms with Gasteiger partial charge >= 0.3 is 5.97 Å². The first-order valence-electron chi connectivity index (χ1n) is 10.5. The van der Waals surface area contributed by atoms with Gasteiger partial charge in [0.15, 0.2) is 0 Å². The van der Waals surface area contributed by atoms with Gasteiger partial charge in [-0.1, -0.05) is 12.1 Å². The Hall–Kier alpha value is -3.65. The summed E-state index contributed by atoms with van der Waals surface area (Å²) in [6.45, 7) is 0. The van der Waals surface area contributed by atoms with E-state index in [2.05, 4.69) is 14.8 Å². The second-order valence-electron chi connectivity index (χ2n) is 7.97. The summed E-state index contributed by atoms with van der Waals surface area (Å²) in [5.74, 6) is -0.888. The van der Waals surface area contributed by atoms with E-state index in [1.807, 2.05) is 24.3 Å². The molecule has 0 radical (unpaired) electrons. The van der Waals surface area contributed by atoms with Crippen LogP contribution in [0.5, 0.6) is 0 Å². The minimum absolute atomic E-state index is 0.239. The lowest BCUT2D eigenvalue weighted by Gasteiger charge is -2.16. The van der Waals surface area contributed by atoms with Crippen LogP contribution in [0.3, 0.4) is 0 Å². The van der Waals surface area contributed by atoms with E-state index < -0.39 is 5.97 Å². The predicted molar refractivity (Wildman–Crippen MR) is 127 cm³/mol. The summed E-state index contributed by atoms with van der Waals surface area (Å²) in [7, 11) is 1.77. The van der Waals surface area contributed by atoms with Crippen molar-refractivity contribution in [1.29, 1.82) is 0 Å². The molecule has 5 rings (SSSR count). The third-order valence-electron chi connectivity index (χ3n) is 5.69. The Labute approximate surface area is 194 Å². The van der Waals surface area contributed by atoms with Crippen LogP contribution in [0.1, 0.15) is 34.7 Å². The van der Waals surface area contributed by atoms with Crippen molar-refractivity contribution in [1.82, 2.24) is 14.8 Å². The van der Waals surface area contributed by atoms with Crippen LogP contribution in [0.2, 0.25) is 0 Å². The largest absolute Gasteiger partial charge is 0.478 e. The topological polar surface area (TPSA) is 80.0 Å². The second kappa shape index (κ2) is 8.71. The number of aromatic nitrogens is 3. The highest BCUT2D eigenvalue weighted by Crippen LogP contribution is 2.45. The minimum atomic E-state index is -0.964. The van der Waals surface area contributed by atoms with E-state index in [0.29, 0.717) is 34.1 Å². The van der Waals surface area contributed by atoms with Crippen LogP contribution in [0.15, 0.2) is 71.9 Å². The zero-order chi connectivity index (χ0) is 22.9. The first-order valence-corrected chi connectivity index (χ1v) is 11.4. The summed E-state index contributed by atoms with van der Waals surface area (Å²) in [6, 6.07) is 15.7. The average molecular weight is 461 g/mol. The van der Waals surface area contributed by atoms with Gasteiger partial charge in [0.05, 0.1) is 22.6 Å². The Balaban J connectivity index is 1.56. The number of anilines is 1. The van der Waals surface area contributed by atoms with E-state index in [0.717, 1.165) is 23.3 Å². The van der Waals surface area contributed by atoms with E-state index in [9.17, 15) is 9.90 Å². The number of rotatable bonds is 7. The molecule has 0 saturated heterocycles. The van der Waals surface area contributed by atoms with Gasteiger partial charge in [-0.3, -0.25) is 9.67 Å². The monoisotopic (exact) mass is 460 g/mol. The summed E-state index contributed by atoms with van der Waals surface area (Å²) < 4.78 is 20.1. The number of benzene rings is 2. The molecule has 2 aromatic carbocycles. The van der Waals surface area contributed by atoms with Crippen molar-refractivity contribution in [3.8, 4) is 22.5 Å². The fourth-order valence-corrected chi connectivity index (χ4v) is 4.75. The molecular weight excluding hydrogens is 439 g/mol. The van der Waals surface area contributed by atoms with Crippen LogP contribution >= 0.6 is 11.9 Å². The Morgan fingerprint density at radius 1 is 1.12 bits per heavy atom. The van der Waals surface area contributed by atoms with Gasteiger partial charge in [0.2, 0.25) is 0 Å². The summed E-state index contributed by atoms with van der Waals surface area (Å²) in [5.41, 5.74) is 4.37. The molecule has 33 heavy (non-hydrogen) atoms. The van der Waals surface area contributed by atoms with E-state index >= 15 is 4.39 Å². The fraction of sp³-hybridized carbons (Fsp3) is 0.160. The maximum atomic E-state index is 15.2. The Bertz CT molecular complexity index is 1340. The number of halogens is 1. The number of aromatic carboxylic acids is 1. The predicted octanol–water partition coefficient (Wildman–Crippen LogP) is 5.98. The Morgan fingerprint density at radius 3 is 2.64 bits per heavy atom. The number of nitrogens with one attached hydrogen (secondary N) is 1. The molecule has 4 aromatic rings. The average Bonchev–Trinajstić information content (AvgIpc) is 3.59. The Morgan fingerprint density at radius 2 is 1.97 bits per heavy atom. The van der Waals surface area contributed by atoms with Gasteiger partial charge in [0.25, 0.3) is 0 Å². The molecule has 1 fully saturated rings. The van der Waals surface area contributed by atoms with Gasteiger partial charge in [-0.25, -0.2) is 9.18 Å². The van der Waals surface area contributed by atoms with E-state index in [4.69, 9.17) is 0 Å². The highest BCUT2D eigenvalue weighted by molar-refractivity contribution is 8.00. The van der Waals surface area contributed by atoms with Crippen molar-refractivity contribution in [2.24, 2.45) is 7.05 Å². The van der Waals surface area contributed by atoms with E-state index in [1.54, 1.807) is 48.4 Å². The van der Waals surface area contributed by atoms with E-state index in [-0.39, 0.29) is 11.4 Å². The van der Waals surface area contributed by atoms with Crippen LogP contribution in [0.4, 0.5) is 10.1 Å². The van der Waals surface area contributed by atoms with Gasteiger partial charge in [-0.15, -0.1) is 0 Å². The maximum absolute atomic E-state index is 15.2. The molecule has 2 aromatic heterocycles. The molecule has 1 aliphatic carbocycles. The second-order valence-corrected chi connectivity index (χ2v) is 8.82. The fourth-order valence-electron chi connectivity index (χ4n) is 3.82. The molecule has 2 N–H and O–H groups in total. The molecule has 0 spiro atoms. The van der Waals surface area contributed by atoms with Crippen molar-refractivity contribution < 1.29 is 14.3 Å².